The van der Waals surface area contributed by atoms with Crippen LogP contribution in [0, 0.1) is 0 Å². The van der Waals surface area contributed by atoms with Gasteiger partial charge in [0.15, 0.2) is 5.69 Å². The Kier molecular flexibility index (Phi) is 6.27. The van der Waals surface area contributed by atoms with Gasteiger partial charge in [0.05, 0.1) is 0 Å². The molecule has 1 atom stereocenters. The van der Waals surface area contributed by atoms with Crippen LogP contribution in [0.1, 0.15) is 23.8 Å². The van der Waals surface area contributed by atoms with Gasteiger partial charge in [0.25, 0.3) is 5.91 Å². The summed E-state index contributed by atoms with van der Waals surface area (Å²) in [4.78, 5) is 11.6. The quantitative estimate of drug-likeness (QED) is 0.749. The van der Waals surface area contributed by atoms with Crippen molar-refractivity contribution in [3.8, 4) is 0 Å². The Morgan fingerprint density at radius 1 is 1.33 bits per heavy atom. The van der Waals surface area contributed by atoms with Crippen LogP contribution < -0.4 is 10.6 Å². The molecule has 0 spiro atoms. The highest BCUT2D eigenvalue weighted by atomic mass is 32.2. The molecule has 1 heterocycles. The van der Waals surface area contributed by atoms with Gasteiger partial charge >= 0.3 is 0 Å². The highest BCUT2D eigenvalue weighted by Crippen LogP contribution is 2.01. The Hall–Kier alpha value is -1.50. The summed E-state index contributed by atoms with van der Waals surface area (Å²) in [6, 6.07) is 3.33. The third-order valence-corrected chi connectivity index (χ3v) is 2.91. The van der Waals surface area contributed by atoms with Gasteiger partial charge in [-0.05, 0) is 18.6 Å². The number of anilines is 1. The molecule has 6 nitrogen and oxygen atoms in total. The van der Waals surface area contributed by atoms with Crippen LogP contribution >= 0.6 is 0 Å². The van der Waals surface area contributed by atoms with Crippen molar-refractivity contribution in [2.24, 2.45) is 0 Å². The molecule has 1 aromatic heterocycles. The molecule has 0 aliphatic carbocycles. The molecule has 0 radical (unpaired) electrons. The summed E-state index contributed by atoms with van der Waals surface area (Å²) >= 11 is 0. The second-order valence-corrected chi connectivity index (χ2v) is 5.32. The summed E-state index contributed by atoms with van der Waals surface area (Å²) < 4.78 is 10.8. The van der Waals surface area contributed by atoms with E-state index in [2.05, 4.69) is 27.8 Å². The number of nitrogens with one attached hydrogen (secondary N) is 2. The second-order valence-electron chi connectivity index (χ2n) is 3.76. The van der Waals surface area contributed by atoms with E-state index in [-0.39, 0.29) is 11.6 Å². The maximum absolute atomic E-state index is 11.6. The minimum absolute atomic E-state index is 0.263. The normalized spacial score (nSPS) is 11.9. The fourth-order valence-electron chi connectivity index (χ4n) is 1.20. The second kappa shape index (κ2) is 7.75. The number of hydrogen-bond acceptors (Lipinski definition) is 5. The van der Waals surface area contributed by atoms with Crippen molar-refractivity contribution < 1.29 is 9.00 Å². The number of rotatable bonds is 7. The molecular formula is C11H18N4O2S. The lowest BCUT2D eigenvalue weighted by Gasteiger charge is -2.05. The summed E-state index contributed by atoms with van der Waals surface area (Å²) in [7, 11) is -0.907. The summed E-state index contributed by atoms with van der Waals surface area (Å²) in [5.41, 5.74) is 0.263. The van der Waals surface area contributed by atoms with E-state index in [4.69, 9.17) is 0 Å². The first-order chi connectivity index (χ1) is 8.63. The molecule has 0 aliphatic heterocycles. The smallest absolute Gasteiger partial charge is 0.271 e. The molecule has 0 saturated carbocycles. The van der Waals surface area contributed by atoms with Gasteiger partial charge in [-0.2, -0.15) is 0 Å². The zero-order valence-corrected chi connectivity index (χ0v) is 11.4. The number of hydrogen-bond donors (Lipinski definition) is 2. The first-order valence-electron chi connectivity index (χ1n) is 5.79. The van der Waals surface area contributed by atoms with E-state index in [1.165, 1.54) is 0 Å². The summed E-state index contributed by atoms with van der Waals surface area (Å²) in [5, 5.41) is 13.4. The van der Waals surface area contributed by atoms with E-state index >= 15 is 0 Å². The van der Waals surface area contributed by atoms with Gasteiger partial charge in [0, 0.05) is 35.9 Å². The zero-order chi connectivity index (χ0) is 13.4. The van der Waals surface area contributed by atoms with Crippen LogP contribution in [-0.4, -0.2) is 45.4 Å². The molecule has 100 valence electrons. The van der Waals surface area contributed by atoms with E-state index in [1.54, 1.807) is 18.4 Å². The molecule has 18 heavy (non-hydrogen) atoms. The lowest BCUT2D eigenvalue weighted by Crippen LogP contribution is -2.28. The standard InChI is InChI=1S/C11H18N4O2S/c1-3-6-12-10-5-4-9(14-15-10)11(16)13-7-8-18(2)17/h4-5H,3,6-8H2,1-2H3,(H,12,15)(H,13,16). The zero-order valence-electron chi connectivity index (χ0n) is 10.6. The number of amides is 1. The van der Waals surface area contributed by atoms with Crippen LogP contribution in [0.5, 0.6) is 0 Å². The van der Waals surface area contributed by atoms with Crippen LogP contribution in [0.3, 0.4) is 0 Å². The van der Waals surface area contributed by atoms with Crippen molar-refractivity contribution in [1.29, 1.82) is 0 Å². The highest BCUT2D eigenvalue weighted by Gasteiger charge is 2.07. The van der Waals surface area contributed by atoms with Crippen molar-refractivity contribution in [3.05, 3.63) is 17.8 Å². The van der Waals surface area contributed by atoms with Gasteiger partial charge < -0.3 is 10.6 Å². The lowest BCUT2D eigenvalue weighted by molar-refractivity contribution is 0.0950. The number of nitrogens with zero attached hydrogens (tertiary/aromatic N) is 2. The van der Waals surface area contributed by atoms with E-state index in [0.717, 1.165) is 13.0 Å². The van der Waals surface area contributed by atoms with Gasteiger partial charge in [-0.3, -0.25) is 9.00 Å². The average molecular weight is 270 g/mol. The number of aromatic nitrogens is 2. The van der Waals surface area contributed by atoms with Crippen molar-refractivity contribution in [1.82, 2.24) is 15.5 Å². The van der Waals surface area contributed by atoms with E-state index in [1.807, 2.05) is 0 Å². The number of carbonyl (C=O) groups is 1. The van der Waals surface area contributed by atoms with Crippen molar-refractivity contribution in [3.63, 3.8) is 0 Å². The monoisotopic (exact) mass is 270 g/mol. The van der Waals surface area contributed by atoms with Crippen LogP contribution in [-0.2, 0) is 10.8 Å². The molecule has 1 amide bonds. The predicted octanol–water partition coefficient (Wildman–Crippen LogP) is 0.407. The number of carbonyl (C=O) groups excluding carboxylic acids is 1. The molecule has 0 aliphatic rings. The van der Waals surface area contributed by atoms with Crippen LogP contribution in [0.4, 0.5) is 5.82 Å². The molecule has 0 aromatic carbocycles. The Bertz CT molecular complexity index is 408. The maximum Gasteiger partial charge on any atom is 0.271 e. The summed E-state index contributed by atoms with van der Waals surface area (Å²) in [6.45, 7) is 3.25. The summed E-state index contributed by atoms with van der Waals surface area (Å²) in [6.07, 6.45) is 2.60. The first-order valence-corrected chi connectivity index (χ1v) is 7.52. The molecule has 1 rings (SSSR count). The molecule has 7 heteroatoms. The predicted molar refractivity (Wildman–Crippen MR) is 72.1 cm³/mol. The maximum atomic E-state index is 11.6. The Balaban J connectivity index is 2.46. The van der Waals surface area contributed by atoms with Crippen molar-refractivity contribution >= 4 is 22.5 Å². The Labute approximate surface area is 109 Å². The minimum atomic E-state index is -0.907. The molecular weight excluding hydrogens is 252 g/mol. The molecule has 0 saturated heterocycles. The van der Waals surface area contributed by atoms with Gasteiger partial charge in [-0.15, -0.1) is 10.2 Å². The van der Waals surface area contributed by atoms with Gasteiger partial charge in [0.1, 0.15) is 5.82 Å². The van der Waals surface area contributed by atoms with Crippen molar-refractivity contribution in [2.75, 3.05) is 30.4 Å². The lowest BCUT2D eigenvalue weighted by atomic mass is 10.3. The SMILES string of the molecule is CCCNc1ccc(C(=O)NCCS(C)=O)nn1. The first kappa shape index (κ1) is 14.6. The van der Waals surface area contributed by atoms with Crippen molar-refractivity contribution in [2.45, 2.75) is 13.3 Å². The van der Waals surface area contributed by atoms with E-state index in [9.17, 15) is 9.00 Å². The topological polar surface area (TPSA) is 84.0 Å². The molecule has 1 unspecified atom stereocenters. The summed E-state index contributed by atoms with van der Waals surface area (Å²) in [5.74, 6) is 0.799. The molecule has 1 aromatic rings. The molecule has 0 fully saturated rings. The van der Waals surface area contributed by atoms with Gasteiger partial charge in [-0.1, -0.05) is 6.92 Å². The van der Waals surface area contributed by atoms with Gasteiger partial charge in [0.2, 0.25) is 0 Å². The highest BCUT2D eigenvalue weighted by molar-refractivity contribution is 7.84. The van der Waals surface area contributed by atoms with Crippen LogP contribution in [0.15, 0.2) is 12.1 Å². The van der Waals surface area contributed by atoms with Crippen LogP contribution in [0.2, 0.25) is 0 Å². The van der Waals surface area contributed by atoms with E-state index < -0.39 is 10.8 Å². The third-order valence-electron chi connectivity index (χ3n) is 2.13. The minimum Gasteiger partial charge on any atom is -0.369 e. The van der Waals surface area contributed by atoms with E-state index in [0.29, 0.717) is 18.1 Å². The average Bonchev–Trinajstić information content (AvgIpc) is 2.36. The Morgan fingerprint density at radius 2 is 2.11 bits per heavy atom. The fraction of sp³-hybridized carbons (Fsp3) is 0.545. The fourth-order valence-corrected chi connectivity index (χ4v) is 1.59. The molecule has 2 N–H and O–H groups in total. The largest absolute Gasteiger partial charge is 0.369 e. The third kappa shape index (κ3) is 5.22. The molecule has 0 bridgehead atoms. The Morgan fingerprint density at radius 3 is 2.67 bits per heavy atom. The van der Waals surface area contributed by atoms with Crippen LogP contribution in [0.25, 0.3) is 0 Å². The van der Waals surface area contributed by atoms with Gasteiger partial charge in [-0.25, -0.2) is 0 Å².